The number of halogens is 2. The summed E-state index contributed by atoms with van der Waals surface area (Å²) in [6, 6.07) is 8.72. The van der Waals surface area contributed by atoms with Gasteiger partial charge in [0.15, 0.2) is 5.65 Å². The van der Waals surface area contributed by atoms with Gasteiger partial charge in [0, 0.05) is 42.1 Å². The van der Waals surface area contributed by atoms with Crippen LogP contribution >= 0.6 is 11.8 Å². The fourth-order valence-corrected chi connectivity index (χ4v) is 4.99. The van der Waals surface area contributed by atoms with Gasteiger partial charge in [-0.05, 0) is 37.6 Å². The summed E-state index contributed by atoms with van der Waals surface area (Å²) in [4.78, 5) is 20.4. The van der Waals surface area contributed by atoms with Crippen LogP contribution in [-0.4, -0.2) is 68.2 Å². The molecule has 13 heteroatoms. The van der Waals surface area contributed by atoms with E-state index in [0.29, 0.717) is 24.3 Å². The third-order valence-corrected chi connectivity index (χ3v) is 6.89. The Morgan fingerprint density at radius 3 is 2.89 bits per heavy atom. The van der Waals surface area contributed by atoms with Gasteiger partial charge in [0.25, 0.3) is 5.91 Å². The molecule has 4 heterocycles. The summed E-state index contributed by atoms with van der Waals surface area (Å²) in [6.45, 7) is -1.91. The largest absolute Gasteiger partial charge is 0.434 e. The van der Waals surface area contributed by atoms with Crippen LogP contribution < -0.4 is 10.1 Å². The van der Waals surface area contributed by atoms with Crippen molar-refractivity contribution in [2.24, 2.45) is 0 Å². The van der Waals surface area contributed by atoms with Crippen LogP contribution in [0, 0.1) is 11.3 Å². The first-order chi connectivity index (χ1) is 17.8. The predicted molar refractivity (Wildman–Crippen MR) is 133 cm³/mol. The second kappa shape index (κ2) is 9.79. The molecule has 5 rings (SSSR count). The number of ether oxygens (including phenoxy) is 1. The highest BCUT2D eigenvalue weighted by molar-refractivity contribution is 7.98. The summed E-state index contributed by atoms with van der Waals surface area (Å²) in [7, 11) is 1.93. The van der Waals surface area contributed by atoms with Gasteiger partial charge in [0.2, 0.25) is 0 Å². The van der Waals surface area contributed by atoms with Gasteiger partial charge in [0.1, 0.15) is 22.5 Å². The number of carbonyl (C=O) groups excluding carboxylic acids is 1. The molecule has 1 aliphatic heterocycles. The van der Waals surface area contributed by atoms with E-state index >= 15 is 0 Å². The average molecular weight is 525 g/mol. The van der Waals surface area contributed by atoms with Gasteiger partial charge in [-0.1, -0.05) is 0 Å². The number of fused-ring (bicyclic) bond motifs is 1. The molecular formula is C24H22F2N8O2S. The number of benzene rings is 1. The lowest BCUT2D eigenvalue weighted by Gasteiger charge is -2.47. The van der Waals surface area contributed by atoms with E-state index in [1.54, 1.807) is 41.5 Å². The lowest BCUT2D eigenvalue weighted by molar-refractivity contribution is -0.0495. The summed E-state index contributed by atoms with van der Waals surface area (Å²) in [5, 5.41) is 21.2. The minimum Gasteiger partial charge on any atom is -0.434 e. The highest BCUT2D eigenvalue weighted by Gasteiger charge is 2.44. The normalized spacial score (nSPS) is 14.9. The summed E-state index contributed by atoms with van der Waals surface area (Å²) in [5.41, 5.74) is 0.797. The van der Waals surface area contributed by atoms with Crippen LogP contribution in [0.25, 0.3) is 16.9 Å². The zero-order chi connectivity index (χ0) is 26.2. The molecule has 1 amide bonds. The molecule has 1 aromatic carbocycles. The Bertz CT molecular complexity index is 1510. The van der Waals surface area contributed by atoms with E-state index in [1.165, 1.54) is 28.5 Å². The number of likely N-dealkylation sites (tertiary alicyclic amines) is 1. The molecule has 0 bridgehead atoms. The van der Waals surface area contributed by atoms with Crippen molar-refractivity contribution >= 4 is 29.0 Å². The lowest BCUT2D eigenvalue weighted by atomic mass is 9.87. The third-order valence-electron chi connectivity index (χ3n) is 6.17. The van der Waals surface area contributed by atoms with Crippen molar-refractivity contribution in [1.82, 2.24) is 29.3 Å². The Balaban J connectivity index is 1.62. The molecule has 0 spiro atoms. The maximum Gasteiger partial charge on any atom is 0.387 e. The van der Waals surface area contributed by atoms with E-state index in [-0.39, 0.29) is 29.1 Å². The molecule has 1 fully saturated rings. The van der Waals surface area contributed by atoms with Crippen molar-refractivity contribution in [3.8, 4) is 23.1 Å². The SMILES string of the molecule is CSc1ccc(OC(F)F)c(-c2nn(C3(CC#N)CN(C)C3)cc2NC(=O)c2cnn3cccnc23)c1. The molecule has 3 aromatic heterocycles. The highest BCUT2D eigenvalue weighted by Crippen LogP contribution is 2.40. The number of likely N-dealkylation sites (N-methyl/N-ethyl adjacent to an activating group) is 1. The average Bonchev–Trinajstić information content (AvgIpc) is 3.47. The van der Waals surface area contributed by atoms with E-state index in [4.69, 9.17) is 9.84 Å². The molecule has 1 N–H and O–H groups in total. The number of thioether (sulfide) groups is 1. The van der Waals surface area contributed by atoms with E-state index in [1.807, 2.05) is 18.2 Å². The Morgan fingerprint density at radius 2 is 2.19 bits per heavy atom. The Kier molecular flexibility index (Phi) is 6.53. The Morgan fingerprint density at radius 1 is 1.38 bits per heavy atom. The standard InChI is InChI=1S/C24H22F2N8O2S/c1-32-13-24(14-32,6-7-27)34-12-18(30-22(35)17-11-29-33-9-3-8-28-21(17)33)20(31-34)16-10-15(37-2)4-5-19(16)36-23(25)26/h3-5,8-12,23H,6,13-14H2,1-2H3,(H,30,35). The van der Waals surface area contributed by atoms with Crippen LogP contribution in [0.2, 0.25) is 0 Å². The molecule has 0 radical (unpaired) electrons. The summed E-state index contributed by atoms with van der Waals surface area (Å²) >= 11 is 1.43. The number of amides is 1. The minimum atomic E-state index is -3.05. The predicted octanol–water partition coefficient (Wildman–Crippen LogP) is 3.72. The first kappa shape index (κ1) is 24.7. The smallest absolute Gasteiger partial charge is 0.387 e. The number of rotatable bonds is 8. The second-order valence-electron chi connectivity index (χ2n) is 8.71. The number of aromatic nitrogens is 5. The van der Waals surface area contributed by atoms with E-state index in [2.05, 4.69) is 21.5 Å². The van der Waals surface area contributed by atoms with Crippen LogP contribution in [0.3, 0.4) is 0 Å². The first-order valence-electron chi connectivity index (χ1n) is 11.2. The molecule has 0 saturated carbocycles. The third kappa shape index (κ3) is 4.61. The highest BCUT2D eigenvalue weighted by atomic mass is 32.2. The molecule has 0 aliphatic carbocycles. The van der Waals surface area contributed by atoms with Crippen molar-refractivity contribution in [3.63, 3.8) is 0 Å². The van der Waals surface area contributed by atoms with Gasteiger partial charge in [-0.25, -0.2) is 9.50 Å². The summed E-state index contributed by atoms with van der Waals surface area (Å²) in [5.74, 6) is -0.571. The summed E-state index contributed by atoms with van der Waals surface area (Å²) in [6.07, 6.45) is 8.31. The fourth-order valence-electron chi connectivity index (χ4n) is 4.55. The number of anilines is 1. The van der Waals surface area contributed by atoms with Crippen LogP contribution in [0.15, 0.2) is 53.9 Å². The summed E-state index contributed by atoms with van der Waals surface area (Å²) < 4.78 is 34.4. The lowest BCUT2D eigenvalue weighted by Crippen LogP contribution is -2.61. The Labute approximate surface area is 214 Å². The first-order valence-corrected chi connectivity index (χ1v) is 12.4. The maximum absolute atomic E-state index is 13.3. The fraction of sp³-hybridized carbons (Fsp3) is 0.292. The van der Waals surface area contributed by atoms with Crippen molar-refractivity contribution in [2.75, 3.05) is 31.7 Å². The number of hydrogen-bond donors (Lipinski definition) is 1. The number of nitrogens with one attached hydrogen (secondary N) is 1. The zero-order valence-electron chi connectivity index (χ0n) is 19.9. The molecule has 1 saturated heterocycles. The Hall–Kier alpha value is -4.02. The van der Waals surface area contributed by atoms with E-state index in [9.17, 15) is 18.8 Å². The van der Waals surface area contributed by atoms with Crippen molar-refractivity contribution in [2.45, 2.75) is 23.5 Å². The van der Waals surface area contributed by atoms with Gasteiger partial charge in [0.05, 0.1) is 24.4 Å². The number of nitrogens with zero attached hydrogens (tertiary/aromatic N) is 7. The van der Waals surface area contributed by atoms with Gasteiger partial charge in [-0.3, -0.25) is 9.48 Å². The van der Waals surface area contributed by atoms with E-state index < -0.39 is 18.1 Å². The number of alkyl halides is 2. The minimum absolute atomic E-state index is 0.0775. The number of carbonyl (C=O) groups is 1. The maximum atomic E-state index is 13.3. The van der Waals surface area contributed by atoms with Crippen LogP contribution in [-0.2, 0) is 5.54 Å². The molecule has 4 aromatic rings. The molecule has 1 aliphatic rings. The quantitative estimate of drug-likeness (QED) is 0.347. The van der Waals surface area contributed by atoms with E-state index in [0.717, 1.165) is 4.90 Å². The van der Waals surface area contributed by atoms with Gasteiger partial charge < -0.3 is 15.0 Å². The molecule has 10 nitrogen and oxygen atoms in total. The van der Waals surface area contributed by atoms with Gasteiger partial charge >= 0.3 is 6.61 Å². The second-order valence-corrected chi connectivity index (χ2v) is 9.59. The number of hydrogen-bond acceptors (Lipinski definition) is 8. The molecular weight excluding hydrogens is 502 g/mol. The topological polar surface area (TPSA) is 113 Å². The number of nitriles is 1. The molecule has 37 heavy (non-hydrogen) atoms. The van der Waals surface area contributed by atoms with Crippen LogP contribution in [0.5, 0.6) is 5.75 Å². The van der Waals surface area contributed by atoms with Crippen molar-refractivity contribution in [3.05, 3.63) is 54.6 Å². The van der Waals surface area contributed by atoms with Gasteiger partial charge in [-0.15, -0.1) is 11.8 Å². The molecule has 0 atom stereocenters. The zero-order valence-corrected chi connectivity index (χ0v) is 20.7. The van der Waals surface area contributed by atoms with Crippen LogP contribution in [0.4, 0.5) is 14.5 Å². The monoisotopic (exact) mass is 524 g/mol. The van der Waals surface area contributed by atoms with Crippen molar-refractivity contribution < 1.29 is 18.3 Å². The van der Waals surface area contributed by atoms with Gasteiger partial charge in [-0.2, -0.15) is 24.2 Å². The van der Waals surface area contributed by atoms with Crippen molar-refractivity contribution in [1.29, 1.82) is 5.26 Å². The molecule has 0 unspecified atom stereocenters. The van der Waals surface area contributed by atoms with Crippen LogP contribution in [0.1, 0.15) is 16.8 Å². The molecule has 190 valence electrons.